The van der Waals surface area contributed by atoms with Crippen molar-refractivity contribution in [1.82, 2.24) is 25.5 Å². The summed E-state index contributed by atoms with van der Waals surface area (Å²) in [4.78, 5) is 8.80. The Morgan fingerprint density at radius 1 is 1.07 bits per heavy atom. The van der Waals surface area contributed by atoms with Crippen LogP contribution in [0.25, 0.3) is 0 Å². The number of aromatic nitrogens is 4. The van der Waals surface area contributed by atoms with E-state index in [9.17, 15) is 0 Å². The van der Waals surface area contributed by atoms with Crippen molar-refractivity contribution in [1.29, 1.82) is 0 Å². The molecule has 1 fully saturated rings. The van der Waals surface area contributed by atoms with E-state index in [1.54, 1.807) is 6.20 Å². The molecule has 2 aromatic heterocycles. The van der Waals surface area contributed by atoms with Crippen molar-refractivity contribution in [3.05, 3.63) is 51.8 Å². The quantitative estimate of drug-likeness (QED) is 0.533. The molecule has 1 aromatic carbocycles. The number of anilines is 4. The lowest BCUT2D eigenvalue weighted by Crippen LogP contribution is -2.40. The Kier molecular flexibility index (Phi) is 4.72. The van der Waals surface area contributed by atoms with Crippen molar-refractivity contribution < 1.29 is 0 Å². The molecule has 0 amide bonds. The third-order valence-electron chi connectivity index (χ3n) is 4.78. The number of H-pyrrole nitrogens is 1. The van der Waals surface area contributed by atoms with E-state index in [0.29, 0.717) is 28.5 Å². The lowest BCUT2D eigenvalue weighted by atomic mass is 9.88. The third-order valence-corrected chi connectivity index (χ3v) is 5.05. The standard InChI is InChI=1S/C19H22ClN7/c1-10-5-16(11(2)4-14(10)13-7-21-8-13)23-19-22-9-15(20)18(25-19)24-17-6-12(3)26-27-17/h4-6,9,13,21H,7-8H2,1-3H3,(H3,22,23,24,25,26,27). The van der Waals surface area contributed by atoms with Gasteiger partial charge in [0.25, 0.3) is 0 Å². The molecule has 0 spiro atoms. The maximum absolute atomic E-state index is 6.23. The van der Waals surface area contributed by atoms with Gasteiger partial charge in [-0.2, -0.15) is 10.1 Å². The van der Waals surface area contributed by atoms with Gasteiger partial charge in [0.05, 0.1) is 6.20 Å². The largest absolute Gasteiger partial charge is 0.324 e. The maximum Gasteiger partial charge on any atom is 0.229 e. The number of halogens is 1. The predicted molar refractivity (Wildman–Crippen MR) is 108 cm³/mol. The predicted octanol–water partition coefficient (Wildman–Crippen LogP) is 3.95. The fourth-order valence-electron chi connectivity index (χ4n) is 3.16. The second-order valence-electron chi connectivity index (χ2n) is 6.96. The minimum Gasteiger partial charge on any atom is -0.324 e. The first-order chi connectivity index (χ1) is 13.0. The summed E-state index contributed by atoms with van der Waals surface area (Å²) >= 11 is 6.23. The molecule has 3 heterocycles. The molecule has 4 N–H and O–H groups in total. The molecule has 0 unspecified atom stereocenters. The lowest BCUT2D eigenvalue weighted by Gasteiger charge is -2.29. The van der Waals surface area contributed by atoms with Gasteiger partial charge in [0.2, 0.25) is 5.95 Å². The number of rotatable bonds is 5. The Morgan fingerprint density at radius 3 is 2.56 bits per heavy atom. The van der Waals surface area contributed by atoms with Crippen LogP contribution in [-0.2, 0) is 0 Å². The Labute approximate surface area is 163 Å². The summed E-state index contributed by atoms with van der Waals surface area (Å²) in [6.07, 6.45) is 1.58. The van der Waals surface area contributed by atoms with Gasteiger partial charge in [-0.25, -0.2) is 4.98 Å². The molecule has 3 aromatic rings. The summed E-state index contributed by atoms with van der Waals surface area (Å²) < 4.78 is 0. The molecule has 4 rings (SSSR count). The van der Waals surface area contributed by atoms with Gasteiger partial charge < -0.3 is 16.0 Å². The Hall–Kier alpha value is -2.64. The van der Waals surface area contributed by atoms with Gasteiger partial charge >= 0.3 is 0 Å². The second-order valence-corrected chi connectivity index (χ2v) is 7.36. The van der Waals surface area contributed by atoms with Crippen LogP contribution < -0.4 is 16.0 Å². The molecular formula is C19H22ClN7. The summed E-state index contributed by atoms with van der Waals surface area (Å²) in [7, 11) is 0. The molecule has 0 saturated carbocycles. The van der Waals surface area contributed by atoms with Gasteiger partial charge in [-0.05, 0) is 43.5 Å². The summed E-state index contributed by atoms with van der Waals surface area (Å²) in [6.45, 7) is 8.28. The molecule has 1 aliphatic rings. The van der Waals surface area contributed by atoms with Crippen molar-refractivity contribution in [2.45, 2.75) is 26.7 Å². The molecule has 8 heteroatoms. The van der Waals surface area contributed by atoms with Crippen LogP contribution in [0.5, 0.6) is 0 Å². The molecule has 27 heavy (non-hydrogen) atoms. The van der Waals surface area contributed by atoms with Crippen molar-refractivity contribution in [3.63, 3.8) is 0 Å². The van der Waals surface area contributed by atoms with E-state index in [0.717, 1.165) is 24.5 Å². The minimum atomic E-state index is 0.432. The van der Waals surface area contributed by atoms with E-state index in [2.05, 4.69) is 62.1 Å². The van der Waals surface area contributed by atoms with Crippen LogP contribution in [0, 0.1) is 20.8 Å². The van der Waals surface area contributed by atoms with Crippen LogP contribution in [0.4, 0.5) is 23.3 Å². The maximum atomic E-state index is 6.23. The van der Waals surface area contributed by atoms with Crippen LogP contribution in [0.1, 0.15) is 28.3 Å². The highest BCUT2D eigenvalue weighted by Gasteiger charge is 2.21. The number of aromatic amines is 1. The fourth-order valence-corrected chi connectivity index (χ4v) is 3.30. The highest BCUT2D eigenvalue weighted by Crippen LogP contribution is 2.30. The van der Waals surface area contributed by atoms with Crippen LogP contribution in [0.15, 0.2) is 24.4 Å². The average molecular weight is 384 g/mol. The molecule has 0 atom stereocenters. The summed E-state index contributed by atoms with van der Waals surface area (Å²) in [5, 5.41) is 17.2. The van der Waals surface area contributed by atoms with E-state index in [1.807, 2.05) is 13.0 Å². The Morgan fingerprint density at radius 2 is 1.89 bits per heavy atom. The van der Waals surface area contributed by atoms with Gasteiger partial charge in [-0.1, -0.05) is 17.7 Å². The highest BCUT2D eigenvalue weighted by molar-refractivity contribution is 6.32. The third kappa shape index (κ3) is 3.74. The van der Waals surface area contributed by atoms with Crippen molar-refractivity contribution in [2.75, 3.05) is 23.7 Å². The number of aryl methyl sites for hydroxylation is 3. The monoisotopic (exact) mass is 383 g/mol. The van der Waals surface area contributed by atoms with Crippen molar-refractivity contribution >= 4 is 34.9 Å². The Balaban J connectivity index is 1.57. The number of nitrogens with one attached hydrogen (secondary N) is 4. The Bertz CT molecular complexity index is 978. The van der Waals surface area contributed by atoms with E-state index >= 15 is 0 Å². The van der Waals surface area contributed by atoms with Crippen LogP contribution in [0.3, 0.4) is 0 Å². The first kappa shape index (κ1) is 17.8. The topological polar surface area (TPSA) is 90.6 Å². The first-order valence-corrected chi connectivity index (χ1v) is 9.28. The van der Waals surface area contributed by atoms with Gasteiger partial charge in [-0.3, -0.25) is 5.10 Å². The van der Waals surface area contributed by atoms with E-state index < -0.39 is 0 Å². The zero-order chi connectivity index (χ0) is 19.0. The SMILES string of the molecule is Cc1cc(Nc2nc(Nc3cc(C)c(C4CNC4)cc3C)ncc2Cl)n[nH]1. The van der Waals surface area contributed by atoms with E-state index in [4.69, 9.17) is 11.6 Å². The number of hydrogen-bond acceptors (Lipinski definition) is 6. The van der Waals surface area contributed by atoms with Gasteiger partial charge in [0, 0.05) is 36.5 Å². The molecule has 1 aliphatic heterocycles. The first-order valence-electron chi connectivity index (χ1n) is 8.90. The van der Waals surface area contributed by atoms with E-state index in [1.165, 1.54) is 16.7 Å². The normalized spacial score (nSPS) is 14.1. The summed E-state index contributed by atoms with van der Waals surface area (Å²) in [5.41, 5.74) is 5.79. The van der Waals surface area contributed by atoms with Gasteiger partial charge in [-0.15, -0.1) is 0 Å². The number of benzene rings is 1. The van der Waals surface area contributed by atoms with Crippen LogP contribution >= 0.6 is 11.6 Å². The summed E-state index contributed by atoms with van der Waals surface area (Å²) in [6, 6.07) is 6.29. The molecule has 0 bridgehead atoms. The smallest absolute Gasteiger partial charge is 0.229 e. The number of nitrogens with zero attached hydrogens (tertiary/aromatic N) is 3. The van der Waals surface area contributed by atoms with Gasteiger partial charge in [0.15, 0.2) is 11.6 Å². The molecule has 0 aliphatic carbocycles. The van der Waals surface area contributed by atoms with Crippen molar-refractivity contribution in [3.8, 4) is 0 Å². The minimum absolute atomic E-state index is 0.432. The van der Waals surface area contributed by atoms with E-state index in [-0.39, 0.29) is 0 Å². The van der Waals surface area contributed by atoms with Crippen LogP contribution in [0.2, 0.25) is 5.02 Å². The average Bonchev–Trinajstić information content (AvgIpc) is 2.98. The summed E-state index contributed by atoms with van der Waals surface area (Å²) in [5.74, 6) is 2.25. The van der Waals surface area contributed by atoms with Gasteiger partial charge in [0.1, 0.15) is 5.02 Å². The molecule has 0 radical (unpaired) electrons. The molecular weight excluding hydrogens is 362 g/mol. The van der Waals surface area contributed by atoms with Crippen molar-refractivity contribution in [2.24, 2.45) is 0 Å². The fraction of sp³-hybridized carbons (Fsp3) is 0.316. The highest BCUT2D eigenvalue weighted by atomic mass is 35.5. The zero-order valence-electron chi connectivity index (χ0n) is 15.5. The molecule has 7 nitrogen and oxygen atoms in total. The lowest BCUT2D eigenvalue weighted by molar-refractivity contribution is 0.447. The van der Waals surface area contributed by atoms with Crippen LogP contribution in [-0.4, -0.2) is 33.3 Å². The second kappa shape index (κ2) is 7.17. The molecule has 140 valence electrons. The zero-order valence-corrected chi connectivity index (χ0v) is 16.3. The molecule has 1 saturated heterocycles. The number of hydrogen-bond donors (Lipinski definition) is 4.